The predicted octanol–water partition coefficient (Wildman–Crippen LogP) is 5.59. The number of amides is 2. The Kier molecular flexibility index (Phi) is 9.19. The van der Waals surface area contributed by atoms with E-state index >= 15 is 0 Å². The minimum Gasteiger partial charge on any atom is -0.483 e. The number of carbonyl (C=O) groups is 2. The molecule has 3 rings (SSSR count). The van der Waals surface area contributed by atoms with E-state index in [1.165, 1.54) is 6.42 Å². The van der Waals surface area contributed by atoms with Crippen molar-refractivity contribution >= 4 is 23.4 Å². The molecule has 5 nitrogen and oxygen atoms in total. The number of benzene rings is 2. The zero-order chi connectivity index (χ0) is 23.8. The van der Waals surface area contributed by atoms with Gasteiger partial charge in [0.05, 0.1) is 0 Å². The van der Waals surface area contributed by atoms with Crippen molar-refractivity contribution in [1.29, 1.82) is 0 Å². The number of halogens is 1. The Balaban J connectivity index is 1.78. The molecule has 0 unspecified atom stereocenters. The molecule has 2 aromatic rings. The monoisotopic (exact) mass is 470 g/mol. The summed E-state index contributed by atoms with van der Waals surface area (Å²) in [6, 6.07) is 12.9. The van der Waals surface area contributed by atoms with Gasteiger partial charge >= 0.3 is 0 Å². The van der Waals surface area contributed by atoms with E-state index < -0.39 is 6.04 Å². The zero-order valence-electron chi connectivity index (χ0n) is 19.9. The molecule has 2 amide bonds. The molecule has 1 aliphatic carbocycles. The minimum absolute atomic E-state index is 0.101. The summed E-state index contributed by atoms with van der Waals surface area (Å²) in [4.78, 5) is 28.2. The van der Waals surface area contributed by atoms with Crippen molar-refractivity contribution in [2.45, 2.75) is 77.9 Å². The van der Waals surface area contributed by atoms with Crippen molar-refractivity contribution in [1.82, 2.24) is 10.2 Å². The maximum absolute atomic E-state index is 13.4. The summed E-state index contributed by atoms with van der Waals surface area (Å²) in [5, 5.41) is 3.77. The zero-order valence-corrected chi connectivity index (χ0v) is 20.7. The standard InChI is InChI=1S/C27H35ClN2O3/c1-4-24(27(32)29-22-11-6-5-7-12-22)30(17-21-10-8-9-13-23(21)28)26(31)18-33-25-15-14-19(2)16-20(25)3/h8-10,13-16,22,24H,4-7,11-12,17-18H2,1-3H3,(H,29,32)/t24-/m1/s1. The average molecular weight is 471 g/mol. The van der Waals surface area contributed by atoms with E-state index in [-0.39, 0.29) is 31.0 Å². The van der Waals surface area contributed by atoms with Crippen LogP contribution in [0.25, 0.3) is 0 Å². The topological polar surface area (TPSA) is 58.6 Å². The van der Waals surface area contributed by atoms with Crippen LogP contribution in [0.1, 0.15) is 62.1 Å². The quantitative estimate of drug-likeness (QED) is 0.519. The third kappa shape index (κ3) is 6.97. The van der Waals surface area contributed by atoms with E-state index in [0.717, 1.165) is 42.4 Å². The molecule has 0 heterocycles. The number of nitrogens with zero attached hydrogens (tertiary/aromatic N) is 1. The lowest BCUT2D eigenvalue weighted by Crippen LogP contribution is -2.52. The normalized spacial score (nSPS) is 15.0. The molecule has 2 aromatic carbocycles. The van der Waals surface area contributed by atoms with Crippen LogP contribution >= 0.6 is 11.6 Å². The molecular formula is C27H35ClN2O3. The van der Waals surface area contributed by atoms with Gasteiger partial charge in [0.25, 0.3) is 5.91 Å². The summed E-state index contributed by atoms with van der Waals surface area (Å²) in [6.07, 6.45) is 5.99. The van der Waals surface area contributed by atoms with Gasteiger partial charge in [-0.05, 0) is 56.4 Å². The highest BCUT2D eigenvalue weighted by atomic mass is 35.5. The van der Waals surface area contributed by atoms with Crippen LogP contribution in [0.15, 0.2) is 42.5 Å². The number of ether oxygens (including phenoxy) is 1. The van der Waals surface area contributed by atoms with E-state index in [1.807, 2.05) is 57.2 Å². The SMILES string of the molecule is CC[C@H](C(=O)NC1CCCCC1)N(Cc1ccccc1Cl)C(=O)COc1ccc(C)cc1C. The van der Waals surface area contributed by atoms with Gasteiger partial charge in [0.1, 0.15) is 11.8 Å². The van der Waals surface area contributed by atoms with Gasteiger partial charge in [-0.1, -0.05) is 73.7 Å². The average Bonchev–Trinajstić information content (AvgIpc) is 2.80. The molecule has 1 atom stereocenters. The van der Waals surface area contributed by atoms with Gasteiger partial charge in [-0.2, -0.15) is 0 Å². The molecule has 0 aromatic heterocycles. The Labute approximate surface area is 202 Å². The molecule has 0 bridgehead atoms. The van der Waals surface area contributed by atoms with Crippen LogP contribution in [-0.2, 0) is 16.1 Å². The van der Waals surface area contributed by atoms with Gasteiger partial charge in [-0.15, -0.1) is 0 Å². The van der Waals surface area contributed by atoms with Crippen molar-refractivity contribution in [3.63, 3.8) is 0 Å². The Bertz CT molecular complexity index is 956. The smallest absolute Gasteiger partial charge is 0.261 e. The predicted molar refractivity (Wildman–Crippen MR) is 133 cm³/mol. The van der Waals surface area contributed by atoms with Crippen LogP contribution in [0.3, 0.4) is 0 Å². The first-order valence-corrected chi connectivity index (χ1v) is 12.3. The summed E-state index contributed by atoms with van der Waals surface area (Å²) >= 11 is 6.39. The first-order valence-electron chi connectivity index (χ1n) is 11.9. The fourth-order valence-electron chi connectivity index (χ4n) is 4.46. The van der Waals surface area contributed by atoms with Crippen LogP contribution in [-0.4, -0.2) is 35.4 Å². The highest BCUT2D eigenvalue weighted by Gasteiger charge is 2.31. The maximum atomic E-state index is 13.4. The molecule has 1 aliphatic rings. The number of aryl methyl sites for hydroxylation is 2. The van der Waals surface area contributed by atoms with E-state index in [0.29, 0.717) is 17.2 Å². The maximum Gasteiger partial charge on any atom is 0.261 e. The molecular weight excluding hydrogens is 436 g/mol. The highest BCUT2D eigenvalue weighted by Crippen LogP contribution is 2.23. The third-order valence-corrected chi connectivity index (χ3v) is 6.69. The number of hydrogen-bond acceptors (Lipinski definition) is 3. The van der Waals surface area contributed by atoms with Crippen molar-refractivity contribution < 1.29 is 14.3 Å². The molecule has 1 fully saturated rings. The largest absolute Gasteiger partial charge is 0.483 e. The lowest BCUT2D eigenvalue weighted by atomic mass is 9.95. The number of nitrogens with one attached hydrogen (secondary N) is 1. The van der Waals surface area contributed by atoms with Crippen LogP contribution in [0.5, 0.6) is 5.75 Å². The first-order chi connectivity index (χ1) is 15.9. The highest BCUT2D eigenvalue weighted by molar-refractivity contribution is 6.31. The molecule has 1 N–H and O–H groups in total. The Morgan fingerprint density at radius 3 is 2.52 bits per heavy atom. The molecule has 33 heavy (non-hydrogen) atoms. The second kappa shape index (κ2) is 12.1. The van der Waals surface area contributed by atoms with Gasteiger partial charge in [0.2, 0.25) is 5.91 Å². The van der Waals surface area contributed by atoms with Crippen LogP contribution in [0.2, 0.25) is 5.02 Å². The summed E-state index contributed by atoms with van der Waals surface area (Å²) in [5.74, 6) is 0.336. The Hall–Kier alpha value is -2.53. The van der Waals surface area contributed by atoms with Crippen LogP contribution in [0.4, 0.5) is 0 Å². The van der Waals surface area contributed by atoms with Crippen molar-refractivity contribution in [3.05, 3.63) is 64.2 Å². The Morgan fingerprint density at radius 1 is 1.12 bits per heavy atom. The second-order valence-electron chi connectivity index (χ2n) is 8.94. The Morgan fingerprint density at radius 2 is 1.85 bits per heavy atom. The third-order valence-electron chi connectivity index (χ3n) is 6.32. The molecule has 178 valence electrons. The summed E-state index contributed by atoms with van der Waals surface area (Å²) in [6.45, 7) is 6.03. The van der Waals surface area contributed by atoms with Crippen LogP contribution < -0.4 is 10.1 Å². The molecule has 0 radical (unpaired) electrons. The molecule has 1 saturated carbocycles. The van der Waals surface area contributed by atoms with Crippen molar-refractivity contribution in [2.24, 2.45) is 0 Å². The van der Waals surface area contributed by atoms with Gasteiger partial charge in [-0.25, -0.2) is 0 Å². The van der Waals surface area contributed by atoms with E-state index in [4.69, 9.17) is 16.3 Å². The van der Waals surface area contributed by atoms with E-state index in [1.54, 1.807) is 11.0 Å². The summed E-state index contributed by atoms with van der Waals surface area (Å²) < 4.78 is 5.87. The van der Waals surface area contributed by atoms with E-state index in [9.17, 15) is 9.59 Å². The fourth-order valence-corrected chi connectivity index (χ4v) is 4.65. The minimum atomic E-state index is -0.585. The number of carbonyl (C=O) groups excluding carboxylic acids is 2. The van der Waals surface area contributed by atoms with Gasteiger partial charge in [-0.3, -0.25) is 9.59 Å². The van der Waals surface area contributed by atoms with Crippen molar-refractivity contribution in [3.8, 4) is 5.75 Å². The molecule has 0 aliphatic heterocycles. The first kappa shape index (κ1) is 25.1. The summed E-state index contributed by atoms with van der Waals surface area (Å²) in [5.41, 5.74) is 2.92. The number of rotatable bonds is 9. The van der Waals surface area contributed by atoms with Gasteiger partial charge in [0.15, 0.2) is 6.61 Å². The fraction of sp³-hybridized carbons (Fsp3) is 0.481. The van der Waals surface area contributed by atoms with Gasteiger partial charge < -0.3 is 15.0 Å². The van der Waals surface area contributed by atoms with E-state index in [2.05, 4.69) is 5.32 Å². The van der Waals surface area contributed by atoms with Gasteiger partial charge in [0, 0.05) is 17.6 Å². The van der Waals surface area contributed by atoms with Crippen molar-refractivity contribution in [2.75, 3.05) is 6.61 Å². The molecule has 6 heteroatoms. The molecule has 0 spiro atoms. The lowest BCUT2D eigenvalue weighted by Gasteiger charge is -2.33. The summed E-state index contributed by atoms with van der Waals surface area (Å²) in [7, 11) is 0. The second-order valence-corrected chi connectivity index (χ2v) is 9.35. The number of hydrogen-bond donors (Lipinski definition) is 1. The lowest BCUT2D eigenvalue weighted by molar-refractivity contribution is -0.143. The van der Waals surface area contributed by atoms with Crippen LogP contribution in [0, 0.1) is 13.8 Å². The molecule has 0 saturated heterocycles.